The third kappa shape index (κ3) is 8.18. The summed E-state index contributed by atoms with van der Waals surface area (Å²) in [5, 5.41) is 6.03. The van der Waals surface area contributed by atoms with Crippen LogP contribution < -0.4 is 10.6 Å². The number of hydrogen-bond donors (Lipinski definition) is 2. The van der Waals surface area contributed by atoms with Crippen molar-refractivity contribution in [2.75, 3.05) is 39.9 Å². The third-order valence-electron chi connectivity index (χ3n) is 3.54. The van der Waals surface area contributed by atoms with Gasteiger partial charge in [-0.2, -0.15) is 0 Å². The fourth-order valence-corrected chi connectivity index (χ4v) is 2.46. The predicted molar refractivity (Wildman–Crippen MR) is 88.3 cm³/mol. The van der Waals surface area contributed by atoms with Crippen molar-refractivity contribution in [3.8, 4) is 0 Å². The van der Waals surface area contributed by atoms with E-state index < -0.39 is 5.60 Å². The molecule has 23 heavy (non-hydrogen) atoms. The lowest BCUT2D eigenvalue weighted by Crippen LogP contribution is -2.44. The Morgan fingerprint density at radius 1 is 1.26 bits per heavy atom. The van der Waals surface area contributed by atoms with Crippen LogP contribution in [0.15, 0.2) is 0 Å². The Labute approximate surface area is 139 Å². The predicted octanol–water partition coefficient (Wildman–Crippen LogP) is 1.13. The number of rotatable bonds is 8. The molecule has 0 aromatic carbocycles. The van der Waals surface area contributed by atoms with Gasteiger partial charge in [-0.15, -0.1) is 0 Å². The SMILES string of the molecule is COCCNC(=O)CCNCC1CCCN1C(=O)OC(C)(C)C. The van der Waals surface area contributed by atoms with Gasteiger partial charge in [0.15, 0.2) is 0 Å². The van der Waals surface area contributed by atoms with Crippen LogP contribution in [-0.4, -0.2) is 68.4 Å². The largest absolute Gasteiger partial charge is 0.444 e. The molecule has 1 aliphatic heterocycles. The fraction of sp³-hybridized carbons (Fsp3) is 0.875. The van der Waals surface area contributed by atoms with Crippen molar-refractivity contribution >= 4 is 12.0 Å². The summed E-state index contributed by atoms with van der Waals surface area (Å²) < 4.78 is 10.3. The van der Waals surface area contributed by atoms with Crippen LogP contribution in [0.25, 0.3) is 0 Å². The summed E-state index contributed by atoms with van der Waals surface area (Å²) >= 11 is 0. The Hall–Kier alpha value is -1.34. The smallest absolute Gasteiger partial charge is 0.410 e. The van der Waals surface area contributed by atoms with Gasteiger partial charge in [-0.05, 0) is 33.6 Å². The molecule has 0 aromatic heterocycles. The second kappa shape index (κ2) is 9.72. The maximum absolute atomic E-state index is 12.2. The van der Waals surface area contributed by atoms with Crippen LogP contribution in [-0.2, 0) is 14.3 Å². The lowest BCUT2D eigenvalue weighted by molar-refractivity contribution is -0.121. The third-order valence-corrected chi connectivity index (χ3v) is 3.54. The zero-order valence-electron chi connectivity index (χ0n) is 14.8. The molecule has 1 rings (SSSR count). The Morgan fingerprint density at radius 3 is 2.65 bits per heavy atom. The molecule has 0 spiro atoms. The number of nitrogens with one attached hydrogen (secondary N) is 2. The number of likely N-dealkylation sites (tertiary alicyclic amines) is 1. The molecule has 7 heteroatoms. The Kier molecular flexibility index (Phi) is 8.33. The van der Waals surface area contributed by atoms with Crippen LogP contribution in [0.2, 0.25) is 0 Å². The van der Waals surface area contributed by atoms with Crippen LogP contribution in [0.1, 0.15) is 40.0 Å². The fourth-order valence-electron chi connectivity index (χ4n) is 2.46. The Balaban J connectivity index is 2.23. The van der Waals surface area contributed by atoms with Crippen molar-refractivity contribution < 1.29 is 19.1 Å². The summed E-state index contributed by atoms with van der Waals surface area (Å²) in [5.74, 6) is 0.00460. The first kappa shape index (κ1) is 19.7. The van der Waals surface area contributed by atoms with E-state index in [0.717, 1.165) is 19.4 Å². The highest BCUT2D eigenvalue weighted by Gasteiger charge is 2.31. The van der Waals surface area contributed by atoms with E-state index >= 15 is 0 Å². The zero-order valence-corrected chi connectivity index (χ0v) is 14.8. The molecule has 0 aromatic rings. The summed E-state index contributed by atoms with van der Waals surface area (Å²) in [6.07, 6.45) is 2.12. The number of carbonyl (C=O) groups excluding carboxylic acids is 2. The van der Waals surface area contributed by atoms with Crippen molar-refractivity contribution in [2.45, 2.75) is 51.7 Å². The standard InChI is InChI=1S/C16H31N3O4/c1-16(2,3)23-15(21)19-10-5-6-13(19)12-17-8-7-14(20)18-9-11-22-4/h13,17H,5-12H2,1-4H3,(H,18,20). The van der Waals surface area contributed by atoms with E-state index in [0.29, 0.717) is 32.7 Å². The van der Waals surface area contributed by atoms with E-state index in [1.807, 2.05) is 20.8 Å². The zero-order chi connectivity index (χ0) is 17.3. The molecule has 2 N–H and O–H groups in total. The van der Waals surface area contributed by atoms with Crippen molar-refractivity contribution in [2.24, 2.45) is 0 Å². The minimum absolute atomic E-state index is 0.00460. The van der Waals surface area contributed by atoms with Crippen LogP contribution in [0.4, 0.5) is 4.79 Å². The van der Waals surface area contributed by atoms with Crippen molar-refractivity contribution in [3.63, 3.8) is 0 Å². The van der Waals surface area contributed by atoms with Gasteiger partial charge in [0, 0.05) is 45.8 Å². The number of ether oxygens (including phenoxy) is 2. The van der Waals surface area contributed by atoms with Gasteiger partial charge in [-0.25, -0.2) is 4.79 Å². The van der Waals surface area contributed by atoms with Gasteiger partial charge < -0.3 is 25.0 Å². The van der Waals surface area contributed by atoms with Crippen molar-refractivity contribution in [1.29, 1.82) is 0 Å². The van der Waals surface area contributed by atoms with Gasteiger partial charge in [0.1, 0.15) is 5.60 Å². The van der Waals surface area contributed by atoms with Crippen LogP contribution in [0.5, 0.6) is 0 Å². The van der Waals surface area contributed by atoms with Gasteiger partial charge in [0.2, 0.25) is 5.91 Å². The molecule has 1 atom stereocenters. The summed E-state index contributed by atoms with van der Waals surface area (Å²) in [6.45, 7) is 8.68. The van der Waals surface area contributed by atoms with Gasteiger partial charge in [0.05, 0.1) is 6.61 Å². The van der Waals surface area contributed by atoms with E-state index in [9.17, 15) is 9.59 Å². The van der Waals surface area contributed by atoms with Crippen molar-refractivity contribution in [3.05, 3.63) is 0 Å². The Morgan fingerprint density at radius 2 is 2.00 bits per heavy atom. The minimum atomic E-state index is -0.474. The minimum Gasteiger partial charge on any atom is -0.444 e. The second-order valence-corrected chi connectivity index (χ2v) is 6.77. The van der Waals surface area contributed by atoms with E-state index in [1.54, 1.807) is 12.0 Å². The topological polar surface area (TPSA) is 79.9 Å². The van der Waals surface area contributed by atoms with Gasteiger partial charge >= 0.3 is 6.09 Å². The first-order valence-electron chi connectivity index (χ1n) is 8.29. The second-order valence-electron chi connectivity index (χ2n) is 6.77. The number of methoxy groups -OCH3 is 1. The lowest BCUT2D eigenvalue weighted by atomic mass is 10.2. The highest BCUT2D eigenvalue weighted by Crippen LogP contribution is 2.20. The number of amides is 2. The Bertz CT molecular complexity index is 382. The van der Waals surface area contributed by atoms with Crippen LogP contribution in [0.3, 0.4) is 0 Å². The molecule has 0 saturated carbocycles. The maximum atomic E-state index is 12.2. The molecule has 2 amide bonds. The quantitative estimate of drug-likeness (QED) is 0.653. The van der Waals surface area contributed by atoms with Gasteiger partial charge in [-0.3, -0.25) is 4.79 Å². The first-order chi connectivity index (χ1) is 10.8. The molecule has 1 saturated heterocycles. The highest BCUT2D eigenvalue weighted by molar-refractivity contribution is 5.76. The van der Waals surface area contributed by atoms with E-state index in [2.05, 4.69) is 10.6 Å². The van der Waals surface area contributed by atoms with Crippen molar-refractivity contribution in [1.82, 2.24) is 15.5 Å². The number of carbonyl (C=O) groups is 2. The van der Waals surface area contributed by atoms with Crippen LogP contribution >= 0.6 is 0 Å². The highest BCUT2D eigenvalue weighted by atomic mass is 16.6. The summed E-state index contributed by atoms with van der Waals surface area (Å²) in [6, 6.07) is 0.140. The molecule has 1 aliphatic rings. The molecule has 134 valence electrons. The van der Waals surface area contributed by atoms with E-state index in [-0.39, 0.29) is 18.0 Å². The monoisotopic (exact) mass is 329 g/mol. The molecular formula is C16H31N3O4. The summed E-state index contributed by atoms with van der Waals surface area (Å²) in [5.41, 5.74) is -0.474. The molecular weight excluding hydrogens is 298 g/mol. The molecule has 0 aliphatic carbocycles. The summed E-state index contributed by atoms with van der Waals surface area (Å²) in [7, 11) is 1.60. The average molecular weight is 329 g/mol. The normalized spacial score (nSPS) is 18.1. The molecule has 1 heterocycles. The van der Waals surface area contributed by atoms with Crippen LogP contribution in [0, 0.1) is 0 Å². The average Bonchev–Trinajstić information content (AvgIpc) is 2.90. The molecule has 1 unspecified atom stereocenters. The summed E-state index contributed by atoms with van der Waals surface area (Å²) in [4.78, 5) is 25.5. The number of hydrogen-bond acceptors (Lipinski definition) is 5. The van der Waals surface area contributed by atoms with Gasteiger partial charge in [-0.1, -0.05) is 0 Å². The van der Waals surface area contributed by atoms with Gasteiger partial charge in [0.25, 0.3) is 0 Å². The van der Waals surface area contributed by atoms with E-state index in [1.165, 1.54) is 0 Å². The molecule has 0 radical (unpaired) electrons. The van der Waals surface area contributed by atoms with E-state index in [4.69, 9.17) is 9.47 Å². The number of nitrogens with zero attached hydrogens (tertiary/aromatic N) is 1. The molecule has 1 fully saturated rings. The maximum Gasteiger partial charge on any atom is 0.410 e. The molecule has 0 bridgehead atoms. The lowest BCUT2D eigenvalue weighted by Gasteiger charge is -2.28. The first-order valence-corrected chi connectivity index (χ1v) is 8.29. The molecule has 7 nitrogen and oxygen atoms in total.